The molecule has 0 aliphatic carbocycles. The summed E-state index contributed by atoms with van der Waals surface area (Å²) in [5.74, 6) is -0.0305. The maximum absolute atomic E-state index is 15.0. The smallest absolute Gasteiger partial charge is 0.257 e. The topological polar surface area (TPSA) is 57.7 Å². The van der Waals surface area contributed by atoms with E-state index in [1.165, 1.54) is 6.07 Å². The van der Waals surface area contributed by atoms with Gasteiger partial charge in [-0.15, -0.1) is 11.3 Å². The summed E-state index contributed by atoms with van der Waals surface area (Å²) in [4.78, 5) is 22.0. The summed E-state index contributed by atoms with van der Waals surface area (Å²) in [6.07, 6.45) is 3.90. The summed E-state index contributed by atoms with van der Waals surface area (Å²) in [5, 5.41) is 5.15. The maximum Gasteiger partial charge on any atom is 0.257 e. The van der Waals surface area contributed by atoms with Gasteiger partial charge in [-0.1, -0.05) is 12.1 Å². The van der Waals surface area contributed by atoms with Gasteiger partial charge in [-0.3, -0.25) is 9.78 Å². The van der Waals surface area contributed by atoms with Gasteiger partial charge in [-0.2, -0.15) is 0 Å². The van der Waals surface area contributed by atoms with Crippen LogP contribution in [0.4, 0.5) is 10.1 Å². The molecule has 1 atom stereocenters. The molecular formula is C24H27FN4O2S. The van der Waals surface area contributed by atoms with Gasteiger partial charge in [0.05, 0.1) is 11.3 Å². The molecule has 1 aromatic carbocycles. The molecule has 0 saturated heterocycles. The van der Waals surface area contributed by atoms with Crippen molar-refractivity contribution < 1.29 is 13.9 Å². The van der Waals surface area contributed by atoms with Gasteiger partial charge in [-0.25, -0.2) is 4.39 Å². The minimum absolute atomic E-state index is 0.137. The highest BCUT2D eigenvalue weighted by Gasteiger charge is 2.26. The first-order chi connectivity index (χ1) is 15.6. The van der Waals surface area contributed by atoms with E-state index in [9.17, 15) is 4.79 Å². The molecule has 32 heavy (non-hydrogen) atoms. The van der Waals surface area contributed by atoms with Crippen molar-refractivity contribution in [1.29, 1.82) is 0 Å². The van der Waals surface area contributed by atoms with E-state index < -0.39 is 0 Å². The first-order valence-electron chi connectivity index (χ1n) is 10.6. The van der Waals surface area contributed by atoms with Crippen LogP contribution in [-0.2, 0) is 6.54 Å². The van der Waals surface area contributed by atoms with E-state index in [4.69, 9.17) is 4.74 Å². The monoisotopic (exact) mass is 454 g/mol. The number of hydrogen-bond acceptors (Lipinski definition) is 6. The van der Waals surface area contributed by atoms with Gasteiger partial charge in [0.2, 0.25) is 0 Å². The summed E-state index contributed by atoms with van der Waals surface area (Å²) < 4.78 is 21.1. The summed E-state index contributed by atoms with van der Waals surface area (Å²) in [5.41, 5.74) is 1.85. The molecule has 168 valence electrons. The van der Waals surface area contributed by atoms with Crippen LogP contribution in [-0.4, -0.2) is 49.5 Å². The molecule has 1 aliphatic rings. The van der Waals surface area contributed by atoms with E-state index >= 15 is 4.39 Å². The fraction of sp³-hybridized carbons (Fsp3) is 0.333. The minimum atomic E-state index is -0.377. The third kappa shape index (κ3) is 4.92. The van der Waals surface area contributed by atoms with Gasteiger partial charge in [0.15, 0.2) is 0 Å². The number of anilines is 1. The molecule has 0 radical (unpaired) electrons. The highest BCUT2D eigenvalue weighted by Crippen LogP contribution is 2.30. The number of ether oxygens (including phenoxy) is 1. The Morgan fingerprint density at radius 3 is 2.91 bits per heavy atom. The van der Waals surface area contributed by atoms with Gasteiger partial charge in [0.1, 0.15) is 17.7 Å². The molecule has 0 bridgehead atoms. The lowest BCUT2D eigenvalue weighted by molar-refractivity contribution is 0.0753. The Morgan fingerprint density at radius 2 is 2.16 bits per heavy atom. The van der Waals surface area contributed by atoms with Crippen LogP contribution in [0.25, 0.3) is 0 Å². The van der Waals surface area contributed by atoms with Crippen LogP contribution in [0.1, 0.15) is 33.3 Å². The number of nitrogens with zero attached hydrogens (tertiary/aromatic N) is 3. The zero-order chi connectivity index (χ0) is 22.5. The predicted octanol–water partition coefficient (Wildman–Crippen LogP) is 4.10. The molecule has 3 aromatic rings. The number of likely N-dealkylation sites (N-methyl/N-ethyl adjacent to an activating group) is 1. The van der Waals surface area contributed by atoms with E-state index in [2.05, 4.69) is 10.3 Å². The second-order valence-corrected chi connectivity index (χ2v) is 8.79. The Kier molecular flexibility index (Phi) is 7.02. The van der Waals surface area contributed by atoms with Crippen molar-refractivity contribution in [2.24, 2.45) is 0 Å². The molecule has 1 aliphatic heterocycles. The average molecular weight is 455 g/mol. The molecule has 6 nitrogen and oxygen atoms in total. The second-order valence-electron chi connectivity index (χ2n) is 7.81. The van der Waals surface area contributed by atoms with Crippen LogP contribution in [0, 0.1) is 5.82 Å². The highest BCUT2D eigenvalue weighted by molar-refractivity contribution is 7.10. The molecular weight excluding hydrogens is 427 g/mol. The molecule has 3 heterocycles. The lowest BCUT2D eigenvalue weighted by Gasteiger charge is -2.22. The van der Waals surface area contributed by atoms with E-state index in [0.717, 1.165) is 23.5 Å². The number of carbonyl (C=O) groups is 1. The summed E-state index contributed by atoms with van der Waals surface area (Å²) in [7, 11) is 3.84. The number of fused-ring (bicyclic) bond motifs is 1. The molecule has 0 saturated carbocycles. The van der Waals surface area contributed by atoms with E-state index in [1.54, 1.807) is 40.8 Å². The van der Waals surface area contributed by atoms with Crippen molar-refractivity contribution in [1.82, 2.24) is 15.2 Å². The number of thiophene rings is 1. The van der Waals surface area contributed by atoms with E-state index in [-0.39, 0.29) is 24.4 Å². The van der Waals surface area contributed by atoms with Crippen LogP contribution in [0.15, 0.2) is 54.2 Å². The molecule has 4 rings (SSSR count). The molecule has 8 heteroatoms. The van der Waals surface area contributed by atoms with Crippen molar-refractivity contribution in [2.75, 3.05) is 38.6 Å². The maximum atomic E-state index is 15.0. The third-order valence-corrected chi connectivity index (χ3v) is 6.58. The Hall–Kier alpha value is -2.97. The van der Waals surface area contributed by atoms with Crippen LogP contribution in [0.2, 0.25) is 0 Å². The van der Waals surface area contributed by atoms with Gasteiger partial charge in [-0.05, 0) is 37.2 Å². The van der Waals surface area contributed by atoms with Crippen LogP contribution >= 0.6 is 11.3 Å². The van der Waals surface area contributed by atoms with E-state index in [0.29, 0.717) is 30.0 Å². The average Bonchev–Trinajstić information content (AvgIpc) is 3.31. The van der Waals surface area contributed by atoms with Crippen molar-refractivity contribution in [3.05, 3.63) is 76.0 Å². The van der Waals surface area contributed by atoms with Crippen LogP contribution in [0.5, 0.6) is 5.75 Å². The molecule has 0 spiro atoms. The number of pyridine rings is 1. The Morgan fingerprint density at radius 1 is 1.28 bits per heavy atom. The summed E-state index contributed by atoms with van der Waals surface area (Å²) in [6.45, 7) is 2.16. The number of hydrogen-bond donors (Lipinski definition) is 1. The summed E-state index contributed by atoms with van der Waals surface area (Å²) >= 11 is 1.63. The molecule has 2 aromatic heterocycles. The number of carbonyl (C=O) groups excluding carboxylic acids is 1. The van der Waals surface area contributed by atoms with Gasteiger partial charge >= 0.3 is 0 Å². The fourth-order valence-electron chi connectivity index (χ4n) is 3.81. The standard InChI is InChI=1S/C24H27FN4O2S/c1-26-9-8-22(23-4-3-13-32-23)31-18-6-5-17(20(25)14-18)16-29-12-11-28(2)21-7-10-27-15-19(21)24(29)30/h3-7,10,13-15,22,26H,8-9,11-12,16H2,1-2H3. The van der Waals surface area contributed by atoms with Gasteiger partial charge < -0.3 is 19.9 Å². The van der Waals surface area contributed by atoms with Crippen molar-refractivity contribution >= 4 is 22.9 Å². The fourth-order valence-corrected chi connectivity index (χ4v) is 4.60. The van der Waals surface area contributed by atoms with Gasteiger partial charge in [0, 0.05) is 62.0 Å². The number of halogens is 1. The number of amides is 1. The number of nitrogens with one attached hydrogen (secondary N) is 1. The molecule has 1 amide bonds. The largest absolute Gasteiger partial charge is 0.485 e. The zero-order valence-corrected chi connectivity index (χ0v) is 19.1. The lowest BCUT2D eigenvalue weighted by Crippen LogP contribution is -2.33. The SMILES string of the molecule is CNCCC(Oc1ccc(CN2CCN(C)c3ccncc3C2=O)c(F)c1)c1cccs1. The van der Waals surface area contributed by atoms with Crippen LogP contribution in [0.3, 0.4) is 0 Å². The number of aromatic nitrogens is 1. The molecule has 1 N–H and O–H groups in total. The molecule has 0 fully saturated rings. The first-order valence-corrected chi connectivity index (χ1v) is 11.5. The number of benzene rings is 1. The third-order valence-electron chi connectivity index (χ3n) is 5.61. The lowest BCUT2D eigenvalue weighted by atomic mass is 10.1. The van der Waals surface area contributed by atoms with Crippen LogP contribution < -0.4 is 15.0 Å². The Balaban J connectivity index is 1.49. The first kappa shape index (κ1) is 22.2. The molecule has 1 unspecified atom stereocenters. The minimum Gasteiger partial charge on any atom is -0.485 e. The number of rotatable bonds is 8. The Bertz CT molecular complexity index is 1060. The highest BCUT2D eigenvalue weighted by atomic mass is 32.1. The van der Waals surface area contributed by atoms with Gasteiger partial charge in [0.25, 0.3) is 5.91 Å². The Labute approximate surface area is 191 Å². The normalized spacial score (nSPS) is 14.8. The predicted molar refractivity (Wildman–Crippen MR) is 125 cm³/mol. The van der Waals surface area contributed by atoms with Crippen molar-refractivity contribution in [2.45, 2.75) is 19.1 Å². The van der Waals surface area contributed by atoms with E-state index in [1.807, 2.05) is 42.6 Å². The van der Waals surface area contributed by atoms with Crippen molar-refractivity contribution in [3.8, 4) is 5.75 Å². The quantitative estimate of drug-likeness (QED) is 0.555. The second kappa shape index (κ2) is 10.1. The summed E-state index contributed by atoms with van der Waals surface area (Å²) in [6, 6.07) is 10.8. The zero-order valence-electron chi connectivity index (χ0n) is 18.3. The van der Waals surface area contributed by atoms with Crippen molar-refractivity contribution in [3.63, 3.8) is 0 Å².